The maximum atomic E-state index is 5.44. The SMILES string of the molecule is CCC(NC(C)C1CCOC1)C(C)(C)C. The maximum Gasteiger partial charge on any atom is 0.0509 e. The molecule has 2 nitrogen and oxygen atoms in total. The van der Waals surface area contributed by atoms with Crippen LogP contribution in [0.5, 0.6) is 0 Å². The quantitative estimate of drug-likeness (QED) is 0.775. The molecule has 1 N–H and O–H groups in total. The molecule has 1 saturated heterocycles. The van der Waals surface area contributed by atoms with Gasteiger partial charge in [0.15, 0.2) is 0 Å². The van der Waals surface area contributed by atoms with Crippen molar-refractivity contribution < 1.29 is 4.74 Å². The molecule has 3 unspecified atom stereocenters. The molecule has 2 heteroatoms. The minimum Gasteiger partial charge on any atom is -0.381 e. The molecule has 0 spiro atoms. The van der Waals surface area contributed by atoms with E-state index in [1.165, 1.54) is 12.8 Å². The van der Waals surface area contributed by atoms with Gasteiger partial charge in [0.05, 0.1) is 6.61 Å². The second-order valence-electron chi connectivity index (χ2n) is 5.91. The average molecular weight is 213 g/mol. The van der Waals surface area contributed by atoms with Crippen LogP contribution in [-0.4, -0.2) is 25.3 Å². The van der Waals surface area contributed by atoms with Crippen LogP contribution in [0.15, 0.2) is 0 Å². The Balaban J connectivity index is 2.43. The number of hydrogen-bond acceptors (Lipinski definition) is 2. The Morgan fingerprint density at radius 1 is 1.40 bits per heavy atom. The van der Waals surface area contributed by atoms with Crippen molar-refractivity contribution in [1.82, 2.24) is 5.32 Å². The lowest BCUT2D eigenvalue weighted by Gasteiger charge is -2.35. The molecule has 0 aliphatic carbocycles. The van der Waals surface area contributed by atoms with E-state index in [-0.39, 0.29) is 0 Å². The van der Waals surface area contributed by atoms with E-state index in [0.717, 1.165) is 13.2 Å². The molecule has 0 bridgehead atoms. The smallest absolute Gasteiger partial charge is 0.0509 e. The van der Waals surface area contributed by atoms with Gasteiger partial charge < -0.3 is 10.1 Å². The van der Waals surface area contributed by atoms with Gasteiger partial charge in [0, 0.05) is 18.7 Å². The van der Waals surface area contributed by atoms with Crippen LogP contribution in [-0.2, 0) is 4.74 Å². The first-order valence-electron chi connectivity index (χ1n) is 6.29. The third-order valence-corrected chi connectivity index (χ3v) is 3.59. The third kappa shape index (κ3) is 3.76. The van der Waals surface area contributed by atoms with Gasteiger partial charge >= 0.3 is 0 Å². The predicted molar refractivity (Wildman–Crippen MR) is 65.1 cm³/mol. The summed E-state index contributed by atoms with van der Waals surface area (Å²) in [7, 11) is 0. The fourth-order valence-corrected chi connectivity index (χ4v) is 2.38. The molecule has 1 aliphatic heterocycles. The van der Waals surface area contributed by atoms with Crippen LogP contribution >= 0.6 is 0 Å². The van der Waals surface area contributed by atoms with E-state index in [1.54, 1.807) is 0 Å². The van der Waals surface area contributed by atoms with Gasteiger partial charge in [0.1, 0.15) is 0 Å². The molecular formula is C13H27NO. The zero-order valence-electron chi connectivity index (χ0n) is 11.0. The lowest BCUT2D eigenvalue weighted by molar-refractivity contribution is 0.167. The highest BCUT2D eigenvalue weighted by Crippen LogP contribution is 2.24. The van der Waals surface area contributed by atoms with E-state index < -0.39 is 0 Å². The van der Waals surface area contributed by atoms with E-state index in [0.29, 0.717) is 23.4 Å². The van der Waals surface area contributed by atoms with E-state index in [1.807, 2.05) is 0 Å². The second-order valence-corrected chi connectivity index (χ2v) is 5.91. The lowest BCUT2D eigenvalue weighted by Crippen LogP contribution is -2.47. The zero-order chi connectivity index (χ0) is 11.5. The second kappa shape index (κ2) is 5.31. The van der Waals surface area contributed by atoms with Gasteiger partial charge in [-0.25, -0.2) is 0 Å². The van der Waals surface area contributed by atoms with Crippen molar-refractivity contribution in [1.29, 1.82) is 0 Å². The molecular weight excluding hydrogens is 186 g/mol. The number of nitrogens with one attached hydrogen (secondary N) is 1. The van der Waals surface area contributed by atoms with Crippen LogP contribution in [0.1, 0.15) is 47.5 Å². The number of hydrogen-bond donors (Lipinski definition) is 1. The first-order chi connectivity index (χ1) is 6.95. The summed E-state index contributed by atoms with van der Waals surface area (Å²) in [6, 6.07) is 1.18. The first kappa shape index (κ1) is 13.0. The van der Waals surface area contributed by atoms with Gasteiger partial charge in [-0.2, -0.15) is 0 Å². The maximum absolute atomic E-state index is 5.44. The molecule has 1 aliphatic rings. The summed E-state index contributed by atoms with van der Waals surface area (Å²) in [4.78, 5) is 0. The highest BCUT2D eigenvalue weighted by Gasteiger charge is 2.28. The zero-order valence-corrected chi connectivity index (χ0v) is 11.0. The molecule has 0 aromatic heterocycles. The highest BCUT2D eigenvalue weighted by atomic mass is 16.5. The van der Waals surface area contributed by atoms with Crippen LogP contribution in [0.25, 0.3) is 0 Å². The standard InChI is InChI=1S/C13H27NO/c1-6-12(13(3,4)5)14-10(2)11-7-8-15-9-11/h10-12,14H,6-9H2,1-5H3. The van der Waals surface area contributed by atoms with Crippen molar-refractivity contribution in [2.24, 2.45) is 11.3 Å². The normalized spacial score (nSPS) is 26.6. The molecule has 0 aromatic carbocycles. The van der Waals surface area contributed by atoms with Gasteiger partial charge in [-0.3, -0.25) is 0 Å². The number of ether oxygens (including phenoxy) is 1. The van der Waals surface area contributed by atoms with Crippen LogP contribution in [0.2, 0.25) is 0 Å². The van der Waals surface area contributed by atoms with Gasteiger partial charge in [0.25, 0.3) is 0 Å². The van der Waals surface area contributed by atoms with Gasteiger partial charge in [-0.1, -0.05) is 27.7 Å². The summed E-state index contributed by atoms with van der Waals surface area (Å²) >= 11 is 0. The van der Waals surface area contributed by atoms with Crippen LogP contribution < -0.4 is 5.32 Å². The Labute approximate surface area is 94.8 Å². The highest BCUT2D eigenvalue weighted by molar-refractivity contribution is 4.85. The van der Waals surface area contributed by atoms with Crippen molar-refractivity contribution in [3.63, 3.8) is 0 Å². The third-order valence-electron chi connectivity index (χ3n) is 3.59. The Kier molecular flexibility index (Phi) is 4.60. The molecule has 1 rings (SSSR count). The van der Waals surface area contributed by atoms with E-state index in [2.05, 4.69) is 39.9 Å². The topological polar surface area (TPSA) is 21.3 Å². The van der Waals surface area contributed by atoms with Gasteiger partial charge in [0.2, 0.25) is 0 Å². The summed E-state index contributed by atoms with van der Waals surface area (Å²) in [5, 5.41) is 3.77. The Hall–Kier alpha value is -0.0800. The molecule has 15 heavy (non-hydrogen) atoms. The van der Waals surface area contributed by atoms with Crippen molar-refractivity contribution in [2.75, 3.05) is 13.2 Å². The molecule has 0 aromatic rings. The monoisotopic (exact) mass is 213 g/mol. The Bertz CT molecular complexity index is 179. The molecule has 0 amide bonds. The molecule has 0 radical (unpaired) electrons. The Morgan fingerprint density at radius 2 is 2.07 bits per heavy atom. The van der Waals surface area contributed by atoms with Crippen LogP contribution in [0, 0.1) is 11.3 Å². The molecule has 0 saturated carbocycles. The number of rotatable bonds is 4. The Morgan fingerprint density at radius 3 is 2.47 bits per heavy atom. The van der Waals surface area contributed by atoms with Crippen molar-refractivity contribution in [3.05, 3.63) is 0 Å². The van der Waals surface area contributed by atoms with Crippen LogP contribution in [0.3, 0.4) is 0 Å². The van der Waals surface area contributed by atoms with Crippen molar-refractivity contribution >= 4 is 0 Å². The van der Waals surface area contributed by atoms with Crippen molar-refractivity contribution in [3.8, 4) is 0 Å². The first-order valence-corrected chi connectivity index (χ1v) is 6.29. The van der Waals surface area contributed by atoms with Gasteiger partial charge in [-0.05, 0) is 31.1 Å². The average Bonchev–Trinajstić information content (AvgIpc) is 2.64. The largest absolute Gasteiger partial charge is 0.381 e. The van der Waals surface area contributed by atoms with E-state index >= 15 is 0 Å². The summed E-state index contributed by atoms with van der Waals surface area (Å²) in [6.45, 7) is 13.4. The minimum atomic E-state index is 0.350. The van der Waals surface area contributed by atoms with E-state index in [9.17, 15) is 0 Å². The molecule has 3 atom stereocenters. The molecule has 1 heterocycles. The summed E-state index contributed by atoms with van der Waals surface area (Å²) in [6.07, 6.45) is 2.41. The molecule has 90 valence electrons. The predicted octanol–water partition coefficient (Wildman–Crippen LogP) is 2.83. The van der Waals surface area contributed by atoms with Crippen LogP contribution in [0.4, 0.5) is 0 Å². The summed E-state index contributed by atoms with van der Waals surface area (Å²) < 4.78 is 5.44. The van der Waals surface area contributed by atoms with Crippen molar-refractivity contribution in [2.45, 2.75) is 59.5 Å². The summed E-state index contributed by atoms with van der Waals surface area (Å²) in [5.74, 6) is 0.710. The fraction of sp³-hybridized carbons (Fsp3) is 1.00. The summed E-state index contributed by atoms with van der Waals surface area (Å²) in [5.41, 5.74) is 0.350. The van der Waals surface area contributed by atoms with E-state index in [4.69, 9.17) is 4.74 Å². The van der Waals surface area contributed by atoms with Gasteiger partial charge in [-0.15, -0.1) is 0 Å². The lowest BCUT2D eigenvalue weighted by atomic mass is 9.84. The molecule has 1 fully saturated rings. The minimum absolute atomic E-state index is 0.350. The fourth-order valence-electron chi connectivity index (χ4n) is 2.38.